The molecule has 0 fully saturated rings. The first-order chi connectivity index (χ1) is 6.77. The van der Waals surface area contributed by atoms with Crippen molar-refractivity contribution in [3.8, 4) is 6.07 Å². The summed E-state index contributed by atoms with van der Waals surface area (Å²) in [5.41, 5.74) is 1.68. The second kappa shape index (κ2) is 5.56. The van der Waals surface area contributed by atoms with Crippen LogP contribution in [0.3, 0.4) is 0 Å². The summed E-state index contributed by atoms with van der Waals surface area (Å²) in [5, 5.41) is 8.69. The van der Waals surface area contributed by atoms with Gasteiger partial charge in [-0.3, -0.25) is 0 Å². The summed E-state index contributed by atoms with van der Waals surface area (Å²) in [4.78, 5) is 3.08. The maximum Gasteiger partial charge on any atom is 0.121 e. The van der Waals surface area contributed by atoms with E-state index >= 15 is 0 Å². The lowest BCUT2D eigenvalue weighted by atomic mass is 10.1. The third kappa shape index (κ3) is 2.97. The average molecular weight is 206 g/mol. The molecule has 0 unspecified atom stereocenters. The number of pyridine rings is 1. The maximum atomic E-state index is 8.69. The lowest BCUT2D eigenvalue weighted by molar-refractivity contribution is 0.707. The second-order valence-corrected chi connectivity index (χ2v) is 3.70. The molecular weight excluding hydrogens is 192 g/mol. The normalized spacial score (nSPS) is 9.71. The van der Waals surface area contributed by atoms with Crippen LogP contribution in [-0.2, 0) is 6.42 Å². The smallest absolute Gasteiger partial charge is 0.121 e. The van der Waals surface area contributed by atoms with Gasteiger partial charge in [0.15, 0.2) is 0 Å². The molecule has 74 valence electrons. The van der Waals surface area contributed by atoms with E-state index in [9.17, 15) is 0 Å². The maximum absolute atomic E-state index is 8.69. The minimum absolute atomic E-state index is 0.555. The summed E-state index contributed by atoms with van der Waals surface area (Å²) in [6.07, 6.45) is 4.65. The molecular formula is C11H14N2S. The van der Waals surface area contributed by atoms with Crippen LogP contribution in [-0.4, -0.2) is 4.98 Å². The molecule has 0 bridgehead atoms. The molecule has 1 rings (SSSR count). The molecule has 0 aromatic carbocycles. The monoisotopic (exact) mass is 206 g/mol. The fourth-order valence-electron chi connectivity index (χ4n) is 1.31. The van der Waals surface area contributed by atoms with Crippen molar-refractivity contribution in [2.45, 2.75) is 32.6 Å². The summed E-state index contributed by atoms with van der Waals surface area (Å²) in [6.45, 7) is 2.18. The van der Waals surface area contributed by atoms with Gasteiger partial charge in [-0.25, -0.2) is 0 Å². The van der Waals surface area contributed by atoms with Crippen molar-refractivity contribution in [1.29, 1.82) is 5.26 Å². The number of aromatic amines is 1. The standard InChI is InChI=1S/C11H14N2S/c1-2-3-4-5-10-7-6-9(8-12)11(14)13-10/h6-7H,2-5H2,1H3,(H,13,14). The molecule has 0 atom stereocenters. The first kappa shape index (κ1) is 10.9. The number of aryl methyl sites for hydroxylation is 1. The van der Waals surface area contributed by atoms with E-state index in [4.69, 9.17) is 17.5 Å². The molecule has 0 saturated heterocycles. The quantitative estimate of drug-likeness (QED) is 0.606. The molecule has 0 radical (unpaired) electrons. The van der Waals surface area contributed by atoms with E-state index in [1.165, 1.54) is 19.3 Å². The number of nitrogens with zero attached hydrogens (tertiary/aromatic N) is 1. The van der Waals surface area contributed by atoms with Crippen molar-refractivity contribution in [2.75, 3.05) is 0 Å². The van der Waals surface area contributed by atoms with Gasteiger partial charge in [0.1, 0.15) is 10.7 Å². The fraction of sp³-hybridized carbons (Fsp3) is 0.455. The number of unbranched alkanes of at least 4 members (excludes halogenated alkanes) is 2. The van der Waals surface area contributed by atoms with E-state index < -0.39 is 0 Å². The fourth-order valence-corrected chi connectivity index (χ4v) is 1.56. The number of rotatable bonds is 4. The van der Waals surface area contributed by atoms with Gasteiger partial charge in [0.2, 0.25) is 0 Å². The van der Waals surface area contributed by atoms with Crippen molar-refractivity contribution in [3.63, 3.8) is 0 Å². The Morgan fingerprint density at radius 2 is 2.21 bits per heavy atom. The Balaban J connectivity index is 2.68. The highest BCUT2D eigenvalue weighted by molar-refractivity contribution is 7.71. The molecule has 0 saturated carbocycles. The Labute approximate surface area is 89.6 Å². The zero-order chi connectivity index (χ0) is 10.4. The number of nitriles is 1. The van der Waals surface area contributed by atoms with Crippen LogP contribution >= 0.6 is 12.2 Å². The minimum atomic E-state index is 0.555. The highest BCUT2D eigenvalue weighted by atomic mass is 32.1. The zero-order valence-corrected chi connectivity index (χ0v) is 9.16. The van der Waals surface area contributed by atoms with Gasteiger partial charge in [0, 0.05) is 5.69 Å². The minimum Gasteiger partial charge on any atom is -0.349 e. The van der Waals surface area contributed by atoms with E-state index in [1.807, 2.05) is 6.07 Å². The summed E-state index contributed by atoms with van der Waals surface area (Å²) in [7, 11) is 0. The van der Waals surface area contributed by atoms with Gasteiger partial charge in [-0.15, -0.1) is 0 Å². The molecule has 0 spiro atoms. The van der Waals surface area contributed by atoms with Crippen LogP contribution < -0.4 is 0 Å². The Morgan fingerprint density at radius 1 is 1.43 bits per heavy atom. The third-order valence-electron chi connectivity index (χ3n) is 2.14. The molecule has 0 amide bonds. The first-order valence-corrected chi connectivity index (χ1v) is 5.31. The number of hydrogen-bond donors (Lipinski definition) is 1. The second-order valence-electron chi connectivity index (χ2n) is 3.30. The molecule has 1 aromatic rings. The van der Waals surface area contributed by atoms with Gasteiger partial charge in [-0.1, -0.05) is 32.0 Å². The average Bonchev–Trinajstić information content (AvgIpc) is 2.18. The van der Waals surface area contributed by atoms with Crippen molar-refractivity contribution in [3.05, 3.63) is 28.0 Å². The molecule has 0 aliphatic heterocycles. The molecule has 2 nitrogen and oxygen atoms in total. The summed E-state index contributed by atoms with van der Waals surface area (Å²) in [6, 6.07) is 5.79. The van der Waals surface area contributed by atoms with Crippen molar-refractivity contribution in [2.24, 2.45) is 0 Å². The van der Waals surface area contributed by atoms with Gasteiger partial charge in [0.25, 0.3) is 0 Å². The Kier molecular flexibility index (Phi) is 4.34. The molecule has 14 heavy (non-hydrogen) atoms. The molecule has 1 N–H and O–H groups in total. The number of nitrogens with one attached hydrogen (secondary N) is 1. The topological polar surface area (TPSA) is 39.6 Å². The Bertz CT molecular complexity index is 387. The molecule has 3 heteroatoms. The van der Waals surface area contributed by atoms with Crippen LogP contribution in [0.1, 0.15) is 37.4 Å². The van der Waals surface area contributed by atoms with Crippen molar-refractivity contribution in [1.82, 2.24) is 4.98 Å². The van der Waals surface area contributed by atoms with Crippen LogP contribution in [0.5, 0.6) is 0 Å². The highest BCUT2D eigenvalue weighted by Gasteiger charge is 1.96. The number of hydrogen-bond acceptors (Lipinski definition) is 2. The number of aromatic nitrogens is 1. The zero-order valence-electron chi connectivity index (χ0n) is 8.34. The van der Waals surface area contributed by atoms with Gasteiger partial charge in [-0.05, 0) is 25.0 Å². The van der Waals surface area contributed by atoms with Gasteiger partial charge in [-0.2, -0.15) is 5.26 Å². The van der Waals surface area contributed by atoms with Crippen LogP contribution in [0.15, 0.2) is 12.1 Å². The largest absolute Gasteiger partial charge is 0.349 e. The Morgan fingerprint density at radius 3 is 2.79 bits per heavy atom. The van der Waals surface area contributed by atoms with Crippen LogP contribution in [0, 0.1) is 16.0 Å². The van der Waals surface area contributed by atoms with E-state index in [1.54, 1.807) is 6.07 Å². The first-order valence-electron chi connectivity index (χ1n) is 4.90. The van der Waals surface area contributed by atoms with Crippen LogP contribution in [0.25, 0.3) is 0 Å². The lowest BCUT2D eigenvalue weighted by Gasteiger charge is -2.01. The summed E-state index contributed by atoms with van der Waals surface area (Å²) >= 11 is 5.04. The number of H-pyrrole nitrogens is 1. The molecule has 0 aliphatic carbocycles. The van der Waals surface area contributed by atoms with Gasteiger partial charge >= 0.3 is 0 Å². The highest BCUT2D eigenvalue weighted by Crippen LogP contribution is 2.06. The summed E-state index contributed by atoms with van der Waals surface area (Å²) in [5.74, 6) is 0. The molecule has 1 aromatic heterocycles. The van der Waals surface area contributed by atoms with E-state index in [-0.39, 0.29) is 0 Å². The van der Waals surface area contributed by atoms with E-state index in [2.05, 4.69) is 18.0 Å². The predicted octanol–water partition coefficient (Wildman–Crippen LogP) is 3.35. The predicted molar refractivity (Wildman–Crippen MR) is 59.6 cm³/mol. The third-order valence-corrected chi connectivity index (χ3v) is 2.46. The summed E-state index contributed by atoms with van der Waals surface area (Å²) < 4.78 is 0.557. The SMILES string of the molecule is CCCCCc1ccc(C#N)c(=S)[nH]1. The molecule has 0 aliphatic rings. The van der Waals surface area contributed by atoms with Gasteiger partial charge < -0.3 is 4.98 Å². The molecule has 1 heterocycles. The Hall–Kier alpha value is -1.14. The van der Waals surface area contributed by atoms with E-state index in [0.717, 1.165) is 12.1 Å². The van der Waals surface area contributed by atoms with Gasteiger partial charge in [0.05, 0.1) is 5.56 Å². The van der Waals surface area contributed by atoms with Crippen molar-refractivity contribution >= 4 is 12.2 Å². The van der Waals surface area contributed by atoms with Crippen LogP contribution in [0.2, 0.25) is 0 Å². The van der Waals surface area contributed by atoms with Crippen LogP contribution in [0.4, 0.5) is 0 Å². The van der Waals surface area contributed by atoms with Crippen molar-refractivity contribution < 1.29 is 0 Å². The lowest BCUT2D eigenvalue weighted by Crippen LogP contribution is -1.92. The van der Waals surface area contributed by atoms with E-state index in [0.29, 0.717) is 10.2 Å².